The molecule has 0 atom stereocenters. The molecule has 44 heavy (non-hydrogen) atoms. The molecule has 0 N–H and O–H groups in total. The molecule has 0 aliphatic carbocycles. The second-order valence-electron chi connectivity index (χ2n) is 15.3. The van der Waals surface area contributed by atoms with Crippen molar-refractivity contribution in [3.05, 3.63) is 42.0 Å². The molecule has 0 aromatic heterocycles. The maximum atomic E-state index is 2.84. The van der Waals surface area contributed by atoms with Crippen molar-refractivity contribution in [1.82, 2.24) is 4.90 Å². The average molecular weight is 610 g/mol. The van der Waals surface area contributed by atoms with Gasteiger partial charge in [-0.15, -0.1) is 0 Å². The highest BCUT2D eigenvalue weighted by Gasteiger charge is 2.36. The molecule has 0 saturated carbocycles. The van der Waals surface area contributed by atoms with Gasteiger partial charge in [0.2, 0.25) is 0 Å². The quantitative estimate of drug-likeness (QED) is 0.0757. The second-order valence-corrected chi connectivity index (χ2v) is 15.3. The van der Waals surface area contributed by atoms with Crippen LogP contribution in [0.5, 0.6) is 0 Å². The number of hydrogen-bond acceptors (Lipinski definition) is 1. The van der Waals surface area contributed by atoms with Gasteiger partial charge < -0.3 is 0 Å². The van der Waals surface area contributed by atoms with E-state index in [1.54, 1.807) is 0 Å². The molecule has 256 valence electrons. The molecule has 0 saturated heterocycles. The van der Waals surface area contributed by atoms with Gasteiger partial charge in [0.15, 0.2) is 0 Å². The summed E-state index contributed by atoms with van der Waals surface area (Å²) in [6.45, 7) is 15.7. The lowest BCUT2D eigenvalue weighted by Gasteiger charge is -2.49. The molecule has 0 unspecified atom stereocenters. The van der Waals surface area contributed by atoms with Crippen molar-refractivity contribution in [3.63, 3.8) is 0 Å². The predicted octanol–water partition coefficient (Wildman–Crippen LogP) is 14.7. The molecular weight excluding hydrogens is 530 g/mol. The molecule has 1 aromatic carbocycles. The zero-order chi connectivity index (χ0) is 32.2. The summed E-state index contributed by atoms with van der Waals surface area (Å²) >= 11 is 0. The standard InChI is InChI=1S/C43H79N/c1-7-9-11-13-15-17-19-21-23-25-27-32-38-42(3,4)44(40-34-37-41-35-30-29-31-36-41)43(5,6)39-33-28-26-24-22-20-18-16-14-12-10-8-2/h29-31,34-37H,7-28,32-33,38-40H2,1-6H3/b37-34+. The van der Waals surface area contributed by atoms with Crippen molar-refractivity contribution >= 4 is 6.08 Å². The molecule has 0 heterocycles. The second kappa shape index (κ2) is 27.1. The van der Waals surface area contributed by atoms with Crippen LogP contribution in [0.4, 0.5) is 0 Å². The highest BCUT2D eigenvalue weighted by atomic mass is 15.2. The van der Waals surface area contributed by atoms with E-state index in [-0.39, 0.29) is 11.1 Å². The molecule has 0 spiro atoms. The first-order valence-electron chi connectivity index (χ1n) is 19.8. The lowest BCUT2D eigenvalue weighted by atomic mass is 9.85. The number of nitrogens with zero attached hydrogens (tertiary/aromatic N) is 1. The van der Waals surface area contributed by atoms with Crippen LogP contribution in [-0.2, 0) is 0 Å². The number of hydrogen-bond donors (Lipinski definition) is 0. The Morgan fingerprint density at radius 2 is 0.773 bits per heavy atom. The van der Waals surface area contributed by atoms with Crippen LogP contribution in [0.3, 0.4) is 0 Å². The maximum Gasteiger partial charge on any atom is 0.0177 e. The first-order valence-corrected chi connectivity index (χ1v) is 19.8. The smallest absolute Gasteiger partial charge is 0.0177 e. The average Bonchev–Trinajstić information content (AvgIpc) is 3.00. The first-order chi connectivity index (χ1) is 21.3. The van der Waals surface area contributed by atoms with E-state index in [9.17, 15) is 0 Å². The van der Waals surface area contributed by atoms with Crippen LogP contribution in [0.25, 0.3) is 6.08 Å². The van der Waals surface area contributed by atoms with Gasteiger partial charge in [-0.3, -0.25) is 4.90 Å². The number of benzene rings is 1. The van der Waals surface area contributed by atoms with E-state index < -0.39 is 0 Å². The summed E-state index contributed by atoms with van der Waals surface area (Å²) in [7, 11) is 0. The molecule has 1 heteroatoms. The Kier molecular flexibility index (Phi) is 25.2. The van der Waals surface area contributed by atoms with Crippen LogP contribution >= 0.6 is 0 Å². The van der Waals surface area contributed by atoms with Gasteiger partial charge in [0.25, 0.3) is 0 Å². The van der Waals surface area contributed by atoms with Gasteiger partial charge in [-0.25, -0.2) is 0 Å². The van der Waals surface area contributed by atoms with E-state index in [1.165, 1.54) is 173 Å². The molecular formula is C43H79N. The van der Waals surface area contributed by atoms with Crippen LogP contribution in [0.1, 0.15) is 214 Å². The summed E-state index contributed by atoms with van der Waals surface area (Å²) in [6.07, 6.45) is 41.5. The third-order valence-corrected chi connectivity index (χ3v) is 10.1. The van der Waals surface area contributed by atoms with E-state index in [0.29, 0.717) is 0 Å². The minimum Gasteiger partial charge on any atom is -0.289 e. The summed E-state index contributed by atoms with van der Waals surface area (Å²) in [4.78, 5) is 2.84. The topological polar surface area (TPSA) is 3.24 Å². The van der Waals surface area contributed by atoms with Gasteiger partial charge >= 0.3 is 0 Å². The van der Waals surface area contributed by atoms with Crippen molar-refractivity contribution in [1.29, 1.82) is 0 Å². The summed E-state index contributed by atoms with van der Waals surface area (Å²) in [5.41, 5.74) is 1.73. The van der Waals surface area contributed by atoms with Crippen LogP contribution < -0.4 is 0 Å². The lowest BCUT2D eigenvalue weighted by molar-refractivity contribution is 0.0145. The van der Waals surface area contributed by atoms with E-state index in [4.69, 9.17) is 0 Å². The fourth-order valence-corrected chi connectivity index (χ4v) is 7.24. The maximum absolute atomic E-state index is 2.84. The van der Waals surface area contributed by atoms with Crippen molar-refractivity contribution in [2.45, 2.75) is 220 Å². The summed E-state index contributed by atoms with van der Waals surface area (Å²) in [5, 5.41) is 0. The SMILES string of the molecule is CCCCCCCCCCCCCCC(C)(C)N(C/C=C/c1ccccc1)C(C)(C)CCCCCCCCCCCCCC. The monoisotopic (exact) mass is 610 g/mol. The Morgan fingerprint density at radius 1 is 0.455 bits per heavy atom. The van der Waals surface area contributed by atoms with Crippen LogP contribution in [0, 0.1) is 0 Å². The normalized spacial score (nSPS) is 12.6. The van der Waals surface area contributed by atoms with Gasteiger partial charge in [-0.2, -0.15) is 0 Å². The fourth-order valence-electron chi connectivity index (χ4n) is 7.24. The third kappa shape index (κ3) is 21.6. The first kappa shape index (κ1) is 40.9. The molecule has 0 fully saturated rings. The summed E-state index contributed by atoms with van der Waals surface area (Å²) < 4.78 is 0. The highest BCUT2D eigenvalue weighted by molar-refractivity contribution is 5.48. The zero-order valence-electron chi connectivity index (χ0n) is 31.1. The molecule has 0 aliphatic heterocycles. The Bertz CT molecular complexity index is 720. The Labute approximate surface area is 278 Å². The van der Waals surface area contributed by atoms with E-state index in [0.717, 1.165) is 6.54 Å². The summed E-state index contributed by atoms with van der Waals surface area (Å²) in [5.74, 6) is 0. The molecule has 0 radical (unpaired) electrons. The molecule has 0 amide bonds. The largest absolute Gasteiger partial charge is 0.289 e. The van der Waals surface area contributed by atoms with Crippen molar-refractivity contribution in [2.75, 3.05) is 6.54 Å². The van der Waals surface area contributed by atoms with Crippen LogP contribution in [0.2, 0.25) is 0 Å². The number of rotatable bonds is 31. The highest BCUT2D eigenvalue weighted by Crippen LogP contribution is 2.33. The van der Waals surface area contributed by atoms with Crippen LogP contribution in [0.15, 0.2) is 36.4 Å². The van der Waals surface area contributed by atoms with Crippen molar-refractivity contribution < 1.29 is 0 Å². The van der Waals surface area contributed by atoms with E-state index in [2.05, 4.69) is 88.9 Å². The molecule has 1 rings (SSSR count). The van der Waals surface area contributed by atoms with E-state index in [1.807, 2.05) is 0 Å². The van der Waals surface area contributed by atoms with Gasteiger partial charge in [0.05, 0.1) is 0 Å². The van der Waals surface area contributed by atoms with Gasteiger partial charge in [-0.05, 0) is 46.1 Å². The zero-order valence-corrected chi connectivity index (χ0v) is 31.1. The fraction of sp³-hybridized carbons (Fsp3) is 0.814. The van der Waals surface area contributed by atoms with E-state index >= 15 is 0 Å². The minimum absolute atomic E-state index is 0.208. The molecule has 1 nitrogen and oxygen atoms in total. The minimum atomic E-state index is 0.208. The van der Waals surface area contributed by atoms with Gasteiger partial charge in [-0.1, -0.05) is 210 Å². The summed E-state index contributed by atoms with van der Waals surface area (Å²) in [6, 6.07) is 10.8. The van der Waals surface area contributed by atoms with Crippen molar-refractivity contribution in [2.24, 2.45) is 0 Å². The van der Waals surface area contributed by atoms with Gasteiger partial charge in [0, 0.05) is 17.6 Å². The lowest BCUT2D eigenvalue weighted by Crippen LogP contribution is -2.55. The molecule has 0 bridgehead atoms. The van der Waals surface area contributed by atoms with Crippen LogP contribution in [-0.4, -0.2) is 22.5 Å². The third-order valence-electron chi connectivity index (χ3n) is 10.1. The predicted molar refractivity (Wildman–Crippen MR) is 202 cm³/mol. The Balaban J connectivity index is 2.45. The van der Waals surface area contributed by atoms with Gasteiger partial charge in [0.1, 0.15) is 0 Å². The Hall–Kier alpha value is -1.08. The molecule has 0 aliphatic rings. The number of unbranched alkanes of at least 4 members (excludes halogenated alkanes) is 22. The Morgan fingerprint density at radius 3 is 1.11 bits per heavy atom. The molecule has 1 aromatic rings. The van der Waals surface area contributed by atoms with Crippen molar-refractivity contribution in [3.8, 4) is 0 Å².